The van der Waals surface area contributed by atoms with E-state index in [-0.39, 0.29) is 34.8 Å². The summed E-state index contributed by atoms with van der Waals surface area (Å²) in [6, 6.07) is 4.13. The fraction of sp³-hybridized carbons (Fsp3) is 0.533. The molecule has 2 atom stereocenters. The van der Waals surface area contributed by atoms with E-state index in [0.29, 0.717) is 19.0 Å². The maximum absolute atomic E-state index is 12.4. The lowest BCUT2D eigenvalue weighted by Crippen LogP contribution is -2.39. The normalized spacial score (nSPS) is 18.0. The minimum atomic E-state index is -0.789. The number of benzene rings is 1. The van der Waals surface area contributed by atoms with Gasteiger partial charge in [-0.3, -0.25) is 14.9 Å². The molecule has 1 fully saturated rings. The van der Waals surface area contributed by atoms with Gasteiger partial charge in [0.05, 0.1) is 4.92 Å². The van der Waals surface area contributed by atoms with Crippen LogP contribution in [0.25, 0.3) is 0 Å². The summed E-state index contributed by atoms with van der Waals surface area (Å²) in [6.07, 6.45) is 0.156. The second kappa shape index (κ2) is 9.05. The summed E-state index contributed by atoms with van der Waals surface area (Å²) in [5.74, 6) is 0.320. The number of hydrogen-bond acceptors (Lipinski definition) is 5. The Balaban J connectivity index is 0.00000288. The van der Waals surface area contributed by atoms with Crippen molar-refractivity contribution >= 4 is 35.6 Å². The number of nitrogens with one attached hydrogen (secondary N) is 1. The molecule has 1 aromatic rings. The third-order valence-electron chi connectivity index (χ3n) is 3.86. The van der Waals surface area contributed by atoms with Crippen molar-refractivity contribution in [3.63, 3.8) is 0 Å². The first kappa shape index (κ1) is 20.5. The van der Waals surface area contributed by atoms with Crippen LogP contribution < -0.4 is 10.1 Å². The smallest absolute Gasteiger partial charge is 0.312 e. The van der Waals surface area contributed by atoms with Crippen LogP contribution in [0.4, 0.5) is 5.69 Å². The van der Waals surface area contributed by atoms with Gasteiger partial charge in [-0.05, 0) is 45.0 Å². The standard InChI is InChI=1S/C15H20ClN3O4.ClH/c1-10(15(20)18-6-5-11(9-18)8-17-2)23-14-4-3-12(16)7-13(14)19(21)22;/h3-4,7,10-11,17H,5-6,8-9H2,1-2H3;1H. The maximum atomic E-state index is 12.4. The van der Waals surface area contributed by atoms with E-state index in [1.165, 1.54) is 18.2 Å². The second-order valence-corrected chi connectivity index (χ2v) is 6.06. The first-order valence-electron chi connectivity index (χ1n) is 7.46. The van der Waals surface area contributed by atoms with Gasteiger partial charge in [-0.25, -0.2) is 0 Å². The number of likely N-dealkylation sites (tertiary alicyclic amines) is 1. The lowest BCUT2D eigenvalue weighted by molar-refractivity contribution is -0.386. The van der Waals surface area contributed by atoms with Gasteiger partial charge in [-0.1, -0.05) is 11.6 Å². The number of carbonyl (C=O) groups is 1. The van der Waals surface area contributed by atoms with Crippen molar-refractivity contribution in [1.29, 1.82) is 0 Å². The van der Waals surface area contributed by atoms with Crippen LogP contribution >= 0.6 is 24.0 Å². The predicted octanol–water partition coefficient (Wildman–Crippen LogP) is 2.51. The summed E-state index contributed by atoms with van der Waals surface area (Å²) in [5.41, 5.74) is -0.244. The molecule has 7 nitrogen and oxygen atoms in total. The van der Waals surface area contributed by atoms with Gasteiger partial charge in [-0.15, -0.1) is 12.4 Å². The molecule has 0 bridgehead atoms. The summed E-state index contributed by atoms with van der Waals surface area (Å²) in [4.78, 5) is 24.7. The molecule has 1 saturated heterocycles. The Labute approximate surface area is 151 Å². The number of rotatable bonds is 6. The molecule has 1 amide bonds. The first-order chi connectivity index (χ1) is 10.9. The van der Waals surface area contributed by atoms with Gasteiger partial charge in [0.1, 0.15) is 0 Å². The summed E-state index contributed by atoms with van der Waals surface area (Å²) < 4.78 is 5.52. The molecule has 2 unspecified atom stereocenters. The van der Waals surface area contributed by atoms with Gasteiger partial charge >= 0.3 is 5.69 Å². The monoisotopic (exact) mass is 377 g/mol. The van der Waals surface area contributed by atoms with Crippen molar-refractivity contribution in [2.75, 3.05) is 26.7 Å². The Morgan fingerprint density at radius 2 is 2.29 bits per heavy atom. The van der Waals surface area contributed by atoms with Crippen molar-refractivity contribution in [2.24, 2.45) is 5.92 Å². The Morgan fingerprint density at radius 1 is 1.58 bits per heavy atom. The molecule has 2 rings (SSSR count). The zero-order valence-electron chi connectivity index (χ0n) is 13.5. The second-order valence-electron chi connectivity index (χ2n) is 5.63. The highest BCUT2D eigenvalue weighted by atomic mass is 35.5. The molecule has 1 N–H and O–H groups in total. The fourth-order valence-electron chi connectivity index (χ4n) is 2.72. The van der Waals surface area contributed by atoms with Gasteiger partial charge < -0.3 is 15.0 Å². The third kappa shape index (κ3) is 4.96. The van der Waals surface area contributed by atoms with Crippen LogP contribution in [0.3, 0.4) is 0 Å². The molecule has 9 heteroatoms. The minimum Gasteiger partial charge on any atom is -0.474 e. The van der Waals surface area contributed by atoms with Gasteiger partial charge in [0.25, 0.3) is 5.91 Å². The van der Waals surface area contributed by atoms with Crippen LogP contribution in [0.5, 0.6) is 5.75 Å². The molecule has 1 aliphatic rings. The van der Waals surface area contributed by atoms with Crippen molar-refractivity contribution in [3.05, 3.63) is 33.3 Å². The van der Waals surface area contributed by atoms with Gasteiger partial charge in [0.15, 0.2) is 11.9 Å². The summed E-state index contributed by atoms with van der Waals surface area (Å²) in [6.45, 7) is 3.82. The molecule has 1 aliphatic heterocycles. The lowest BCUT2D eigenvalue weighted by atomic mass is 10.1. The molecule has 0 spiro atoms. The lowest BCUT2D eigenvalue weighted by Gasteiger charge is -2.21. The molecule has 1 aromatic carbocycles. The quantitative estimate of drug-likeness (QED) is 0.607. The molecule has 1 heterocycles. The Kier molecular flexibility index (Phi) is 7.72. The van der Waals surface area contributed by atoms with Crippen LogP contribution in [0, 0.1) is 16.0 Å². The highest BCUT2D eigenvalue weighted by molar-refractivity contribution is 6.30. The first-order valence-corrected chi connectivity index (χ1v) is 7.84. The molecular formula is C15H21Cl2N3O4. The van der Waals surface area contributed by atoms with E-state index in [4.69, 9.17) is 16.3 Å². The Hall–Kier alpha value is -1.57. The number of nitro benzene ring substituents is 1. The number of carbonyl (C=O) groups excluding carboxylic acids is 1. The highest BCUT2D eigenvalue weighted by Gasteiger charge is 2.30. The number of nitro groups is 1. The number of amides is 1. The van der Waals surface area contributed by atoms with E-state index in [1.54, 1.807) is 11.8 Å². The maximum Gasteiger partial charge on any atom is 0.312 e. The largest absolute Gasteiger partial charge is 0.474 e. The molecule has 0 aromatic heterocycles. The number of nitrogens with zero attached hydrogens (tertiary/aromatic N) is 2. The van der Waals surface area contributed by atoms with Crippen LogP contribution in [0.2, 0.25) is 5.02 Å². The predicted molar refractivity (Wildman–Crippen MR) is 94.1 cm³/mol. The van der Waals surface area contributed by atoms with E-state index in [2.05, 4.69) is 5.32 Å². The van der Waals surface area contributed by atoms with Crippen LogP contribution in [-0.2, 0) is 4.79 Å². The summed E-state index contributed by atoms with van der Waals surface area (Å²) in [5, 5.41) is 14.4. The molecular weight excluding hydrogens is 357 g/mol. The number of hydrogen-bond donors (Lipinski definition) is 1. The third-order valence-corrected chi connectivity index (χ3v) is 4.09. The molecule has 0 saturated carbocycles. The summed E-state index contributed by atoms with van der Waals surface area (Å²) in [7, 11) is 1.88. The minimum absolute atomic E-state index is 0. The zero-order chi connectivity index (χ0) is 17.0. The molecule has 24 heavy (non-hydrogen) atoms. The van der Waals surface area contributed by atoms with Crippen LogP contribution in [0.15, 0.2) is 18.2 Å². The molecule has 0 radical (unpaired) electrons. The number of ether oxygens (including phenoxy) is 1. The average molecular weight is 378 g/mol. The van der Waals surface area contributed by atoms with Crippen molar-refractivity contribution in [1.82, 2.24) is 10.2 Å². The van der Waals surface area contributed by atoms with E-state index >= 15 is 0 Å². The zero-order valence-corrected chi connectivity index (χ0v) is 15.1. The number of halogens is 2. The molecule has 0 aliphatic carbocycles. The van der Waals surface area contributed by atoms with Gasteiger partial charge in [0, 0.05) is 24.2 Å². The molecule has 134 valence electrons. The SMILES string of the molecule is CNCC1CCN(C(=O)C(C)Oc2ccc(Cl)cc2[N+](=O)[O-])C1.Cl. The highest BCUT2D eigenvalue weighted by Crippen LogP contribution is 2.31. The Bertz CT molecular complexity index is 600. The average Bonchev–Trinajstić information content (AvgIpc) is 2.97. The van der Waals surface area contributed by atoms with Gasteiger partial charge in [-0.2, -0.15) is 0 Å². The van der Waals surface area contributed by atoms with Crippen molar-refractivity contribution in [3.8, 4) is 5.75 Å². The van der Waals surface area contributed by atoms with Gasteiger partial charge in [0.2, 0.25) is 0 Å². The van der Waals surface area contributed by atoms with E-state index in [9.17, 15) is 14.9 Å². The topological polar surface area (TPSA) is 84.7 Å². The Morgan fingerprint density at radius 3 is 2.92 bits per heavy atom. The summed E-state index contributed by atoms with van der Waals surface area (Å²) >= 11 is 5.77. The van der Waals surface area contributed by atoms with Crippen LogP contribution in [0.1, 0.15) is 13.3 Å². The van der Waals surface area contributed by atoms with E-state index < -0.39 is 11.0 Å². The fourth-order valence-corrected chi connectivity index (χ4v) is 2.89. The van der Waals surface area contributed by atoms with E-state index in [0.717, 1.165) is 13.0 Å². The van der Waals surface area contributed by atoms with E-state index in [1.807, 2.05) is 7.05 Å². The van der Waals surface area contributed by atoms with Crippen molar-refractivity contribution < 1.29 is 14.5 Å². The van der Waals surface area contributed by atoms with Crippen molar-refractivity contribution in [2.45, 2.75) is 19.4 Å². The van der Waals surface area contributed by atoms with Crippen LogP contribution in [-0.4, -0.2) is 48.5 Å².